The fraction of sp³-hybridized carbons (Fsp3) is 0.143. The molecule has 0 fully saturated rings. The van der Waals surface area contributed by atoms with Crippen molar-refractivity contribution in [3.05, 3.63) is 52.6 Å². The third-order valence-corrected chi connectivity index (χ3v) is 3.04. The molecule has 2 aromatic rings. The molecule has 0 unspecified atom stereocenters. The van der Waals surface area contributed by atoms with Gasteiger partial charge < -0.3 is 10.1 Å². The van der Waals surface area contributed by atoms with Crippen LogP contribution in [0.1, 0.15) is 5.56 Å². The number of ether oxygens (including phenoxy) is 1. The SMILES string of the molecule is COc1cc(Nc2c(C)ccc(F)c2F)ccc1Cl. The summed E-state index contributed by atoms with van der Waals surface area (Å²) in [7, 11) is 1.49. The summed E-state index contributed by atoms with van der Waals surface area (Å²) in [4.78, 5) is 0. The molecule has 0 heterocycles. The molecule has 19 heavy (non-hydrogen) atoms. The predicted octanol–water partition coefficient (Wildman–Crippen LogP) is 4.68. The van der Waals surface area contributed by atoms with Crippen LogP contribution in [-0.4, -0.2) is 7.11 Å². The van der Waals surface area contributed by atoms with E-state index in [2.05, 4.69) is 5.32 Å². The van der Waals surface area contributed by atoms with E-state index in [-0.39, 0.29) is 5.69 Å². The number of aryl methyl sites for hydroxylation is 1. The van der Waals surface area contributed by atoms with Crippen LogP contribution in [0.25, 0.3) is 0 Å². The van der Waals surface area contributed by atoms with Gasteiger partial charge in [0.05, 0.1) is 17.8 Å². The fourth-order valence-corrected chi connectivity index (χ4v) is 1.88. The molecule has 0 bridgehead atoms. The van der Waals surface area contributed by atoms with E-state index in [9.17, 15) is 8.78 Å². The highest BCUT2D eigenvalue weighted by Crippen LogP contribution is 2.31. The van der Waals surface area contributed by atoms with Crippen molar-refractivity contribution >= 4 is 23.0 Å². The first kappa shape index (κ1) is 13.6. The standard InChI is InChI=1S/C14H12ClF2NO/c1-8-3-6-11(16)13(17)14(8)18-9-4-5-10(15)12(7-9)19-2/h3-7,18H,1-2H3. The normalized spacial score (nSPS) is 10.4. The lowest BCUT2D eigenvalue weighted by Crippen LogP contribution is -1.99. The van der Waals surface area contributed by atoms with Crippen molar-refractivity contribution in [3.63, 3.8) is 0 Å². The molecule has 0 aromatic heterocycles. The summed E-state index contributed by atoms with van der Waals surface area (Å²) < 4.78 is 32.0. The van der Waals surface area contributed by atoms with E-state index >= 15 is 0 Å². The number of methoxy groups -OCH3 is 1. The lowest BCUT2D eigenvalue weighted by molar-refractivity contribution is 0.415. The maximum Gasteiger partial charge on any atom is 0.182 e. The molecule has 0 aliphatic heterocycles. The zero-order chi connectivity index (χ0) is 14.0. The lowest BCUT2D eigenvalue weighted by atomic mass is 10.1. The van der Waals surface area contributed by atoms with Crippen LogP contribution in [-0.2, 0) is 0 Å². The van der Waals surface area contributed by atoms with E-state index in [1.165, 1.54) is 13.2 Å². The summed E-state index contributed by atoms with van der Waals surface area (Å²) in [5.74, 6) is -1.34. The summed E-state index contributed by atoms with van der Waals surface area (Å²) in [6, 6.07) is 7.50. The lowest BCUT2D eigenvalue weighted by Gasteiger charge is -2.12. The van der Waals surface area contributed by atoms with Crippen molar-refractivity contribution in [1.29, 1.82) is 0 Å². The van der Waals surface area contributed by atoms with Gasteiger partial charge in [0.15, 0.2) is 11.6 Å². The third kappa shape index (κ3) is 2.79. The number of hydrogen-bond acceptors (Lipinski definition) is 2. The Morgan fingerprint density at radius 2 is 1.89 bits per heavy atom. The number of benzene rings is 2. The molecule has 0 saturated heterocycles. The molecule has 0 spiro atoms. The number of rotatable bonds is 3. The second-order valence-electron chi connectivity index (χ2n) is 4.03. The van der Waals surface area contributed by atoms with E-state index < -0.39 is 11.6 Å². The van der Waals surface area contributed by atoms with Gasteiger partial charge in [0.2, 0.25) is 0 Å². The van der Waals surface area contributed by atoms with Crippen LogP contribution >= 0.6 is 11.6 Å². The van der Waals surface area contributed by atoms with Gasteiger partial charge in [-0.05, 0) is 30.7 Å². The maximum absolute atomic E-state index is 13.7. The Bertz CT molecular complexity index is 617. The molecule has 0 saturated carbocycles. The van der Waals surface area contributed by atoms with Gasteiger partial charge in [-0.1, -0.05) is 17.7 Å². The Balaban J connectivity index is 2.39. The molecule has 1 N–H and O–H groups in total. The predicted molar refractivity (Wildman–Crippen MR) is 72.4 cm³/mol. The third-order valence-electron chi connectivity index (χ3n) is 2.72. The average Bonchev–Trinajstić information content (AvgIpc) is 2.41. The van der Waals surface area contributed by atoms with Crippen LogP contribution < -0.4 is 10.1 Å². The molecule has 2 nitrogen and oxygen atoms in total. The summed E-state index contributed by atoms with van der Waals surface area (Å²) in [5.41, 5.74) is 1.27. The molecule has 5 heteroatoms. The Kier molecular flexibility index (Phi) is 3.90. The van der Waals surface area contributed by atoms with Crippen LogP contribution in [0.15, 0.2) is 30.3 Å². The van der Waals surface area contributed by atoms with E-state index in [1.807, 2.05) is 0 Å². The van der Waals surface area contributed by atoms with Gasteiger partial charge in [-0.25, -0.2) is 8.78 Å². The van der Waals surface area contributed by atoms with Gasteiger partial charge in [0.1, 0.15) is 5.75 Å². The molecule has 0 aliphatic rings. The zero-order valence-electron chi connectivity index (χ0n) is 10.4. The zero-order valence-corrected chi connectivity index (χ0v) is 11.2. The number of halogens is 3. The second kappa shape index (κ2) is 5.45. The molecule has 2 aromatic carbocycles. The summed E-state index contributed by atoms with van der Waals surface area (Å²) in [6.07, 6.45) is 0. The van der Waals surface area contributed by atoms with Crippen LogP contribution in [0.5, 0.6) is 5.75 Å². The van der Waals surface area contributed by atoms with Gasteiger partial charge >= 0.3 is 0 Å². The molecule has 0 atom stereocenters. The maximum atomic E-state index is 13.7. The highest BCUT2D eigenvalue weighted by molar-refractivity contribution is 6.32. The molecule has 2 rings (SSSR count). The molecule has 0 aliphatic carbocycles. The molecule has 0 amide bonds. The topological polar surface area (TPSA) is 21.3 Å². The summed E-state index contributed by atoms with van der Waals surface area (Å²) >= 11 is 5.90. The molecule has 0 radical (unpaired) electrons. The molecule has 100 valence electrons. The Hall–Kier alpha value is -1.81. The van der Waals surface area contributed by atoms with Crippen molar-refractivity contribution in [2.75, 3.05) is 12.4 Å². The van der Waals surface area contributed by atoms with Gasteiger partial charge in [0.25, 0.3) is 0 Å². The van der Waals surface area contributed by atoms with Gasteiger partial charge in [0, 0.05) is 11.8 Å². The van der Waals surface area contributed by atoms with Crippen molar-refractivity contribution in [3.8, 4) is 5.75 Å². The Morgan fingerprint density at radius 3 is 2.58 bits per heavy atom. The molecular formula is C14H12ClF2NO. The quantitative estimate of drug-likeness (QED) is 0.883. The van der Waals surface area contributed by atoms with Crippen LogP contribution in [0.3, 0.4) is 0 Å². The number of hydrogen-bond donors (Lipinski definition) is 1. The van der Waals surface area contributed by atoms with Gasteiger partial charge in [-0.2, -0.15) is 0 Å². The second-order valence-corrected chi connectivity index (χ2v) is 4.43. The monoisotopic (exact) mass is 283 g/mol. The van der Waals surface area contributed by atoms with Crippen molar-refractivity contribution in [2.45, 2.75) is 6.92 Å². The van der Waals surface area contributed by atoms with Gasteiger partial charge in [-0.3, -0.25) is 0 Å². The van der Waals surface area contributed by atoms with E-state index in [0.717, 1.165) is 6.07 Å². The summed E-state index contributed by atoms with van der Waals surface area (Å²) in [6.45, 7) is 1.69. The Labute approximate surface area is 115 Å². The van der Waals surface area contributed by atoms with Crippen LogP contribution in [0.2, 0.25) is 5.02 Å². The van der Waals surface area contributed by atoms with Crippen LogP contribution in [0, 0.1) is 18.6 Å². The Morgan fingerprint density at radius 1 is 1.16 bits per heavy atom. The van der Waals surface area contributed by atoms with Crippen molar-refractivity contribution < 1.29 is 13.5 Å². The average molecular weight is 284 g/mol. The number of nitrogens with one attached hydrogen (secondary N) is 1. The van der Waals surface area contributed by atoms with E-state index in [4.69, 9.17) is 16.3 Å². The smallest absolute Gasteiger partial charge is 0.182 e. The number of anilines is 2. The first-order valence-electron chi connectivity index (χ1n) is 5.58. The van der Waals surface area contributed by atoms with Crippen molar-refractivity contribution in [2.24, 2.45) is 0 Å². The minimum absolute atomic E-state index is 0.101. The molecular weight excluding hydrogens is 272 g/mol. The van der Waals surface area contributed by atoms with E-state index in [1.54, 1.807) is 25.1 Å². The minimum atomic E-state index is -0.908. The largest absolute Gasteiger partial charge is 0.495 e. The van der Waals surface area contributed by atoms with Gasteiger partial charge in [-0.15, -0.1) is 0 Å². The minimum Gasteiger partial charge on any atom is -0.495 e. The van der Waals surface area contributed by atoms with Crippen LogP contribution in [0.4, 0.5) is 20.2 Å². The fourth-order valence-electron chi connectivity index (χ4n) is 1.68. The van der Waals surface area contributed by atoms with Crippen molar-refractivity contribution in [1.82, 2.24) is 0 Å². The summed E-state index contributed by atoms with van der Waals surface area (Å²) in [5, 5.41) is 3.28. The van der Waals surface area contributed by atoms with E-state index in [0.29, 0.717) is 22.0 Å². The highest BCUT2D eigenvalue weighted by Gasteiger charge is 2.12. The highest BCUT2D eigenvalue weighted by atomic mass is 35.5. The first-order chi connectivity index (χ1) is 9.02. The first-order valence-corrected chi connectivity index (χ1v) is 5.96.